The first-order valence-electron chi connectivity index (χ1n) is 7.14. The van der Waals surface area contributed by atoms with Gasteiger partial charge in [-0.05, 0) is 30.9 Å². The number of hydrogen-bond donors (Lipinski definition) is 2. The van der Waals surface area contributed by atoms with Crippen LogP contribution < -0.4 is 5.32 Å². The third kappa shape index (κ3) is 4.04. The Morgan fingerprint density at radius 2 is 2.05 bits per heavy atom. The molecule has 1 aromatic rings. The van der Waals surface area contributed by atoms with E-state index in [1.54, 1.807) is 6.92 Å². The fraction of sp³-hybridized carbons (Fsp3) is 0.533. The van der Waals surface area contributed by atoms with E-state index in [-0.39, 0.29) is 5.25 Å². The molecule has 116 valence electrons. The van der Waals surface area contributed by atoms with Crippen LogP contribution in [0.1, 0.15) is 36.8 Å². The van der Waals surface area contributed by atoms with Crippen LogP contribution >= 0.6 is 0 Å². The third-order valence-electron chi connectivity index (χ3n) is 4.01. The number of benzene rings is 1. The van der Waals surface area contributed by atoms with Crippen molar-refractivity contribution in [3.63, 3.8) is 0 Å². The molecule has 0 spiro atoms. The lowest BCUT2D eigenvalue weighted by Gasteiger charge is -2.11. The van der Waals surface area contributed by atoms with E-state index >= 15 is 0 Å². The van der Waals surface area contributed by atoms with E-state index in [2.05, 4.69) is 5.32 Å². The number of carboxylic acid groups (broad SMARTS) is 1. The first kappa shape index (κ1) is 16.0. The summed E-state index contributed by atoms with van der Waals surface area (Å²) in [6.07, 6.45) is 1.50. The maximum absolute atomic E-state index is 11.7. The number of aliphatic carboxylic acids is 1. The number of hydrogen-bond acceptors (Lipinski definition) is 4. The Morgan fingerprint density at radius 3 is 2.57 bits per heavy atom. The van der Waals surface area contributed by atoms with Gasteiger partial charge in [-0.15, -0.1) is 0 Å². The molecule has 2 rings (SSSR count). The molecule has 1 aliphatic heterocycles. The summed E-state index contributed by atoms with van der Waals surface area (Å²) in [5.41, 5.74) is 1.79. The molecule has 0 bridgehead atoms. The van der Waals surface area contributed by atoms with E-state index < -0.39 is 21.7 Å². The summed E-state index contributed by atoms with van der Waals surface area (Å²) in [5, 5.41) is 11.9. The molecule has 1 heterocycles. The Morgan fingerprint density at radius 1 is 1.38 bits per heavy atom. The van der Waals surface area contributed by atoms with E-state index in [0.29, 0.717) is 18.8 Å². The van der Waals surface area contributed by atoms with E-state index in [1.807, 2.05) is 24.3 Å². The van der Waals surface area contributed by atoms with Gasteiger partial charge >= 0.3 is 5.97 Å². The van der Waals surface area contributed by atoms with Crippen molar-refractivity contribution in [3.8, 4) is 0 Å². The highest BCUT2D eigenvalue weighted by molar-refractivity contribution is 7.92. The van der Waals surface area contributed by atoms with Gasteiger partial charge < -0.3 is 10.4 Å². The van der Waals surface area contributed by atoms with Crippen molar-refractivity contribution in [2.75, 3.05) is 12.3 Å². The fourth-order valence-electron chi connectivity index (χ4n) is 2.53. The highest BCUT2D eigenvalue weighted by Gasteiger charge is 2.30. The monoisotopic (exact) mass is 311 g/mol. The Bertz CT molecular complexity index is 595. The zero-order valence-corrected chi connectivity index (χ0v) is 12.9. The van der Waals surface area contributed by atoms with Gasteiger partial charge in [0.05, 0.1) is 16.9 Å². The number of rotatable bonds is 6. The van der Waals surface area contributed by atoms with Crippen molar-refractivity contribution >= 4 is 15.8 Å². The topological polar surface area (TPSA) is 83.5 Å². The third-order valence-corrected chi connectivity index (χ3v) is 6.29. The Balaban J connectivity index is 1.85. The molecule has 2 N–H and O–H groups in total. The van der Waals surface area contributed by atoms with Crippen molar-refractivity contribution in [2.45, 2.75) is 37.5 Å². The SMILES string of the molecule is CC(C(=O)O)c1ccc(CNCC2CCCS2(=O)=O)cc1. The predicted octanol–water partition coefficient (Wildman–Crippen LogP) is 1.54. The molecule has 6 heteroatoms. The number of carbonyl (C=O) groups is 1. The van der Waals surface area contributed by atoms with Gasteiger partial charge in [0.2, 0.25) is 0 Å². The lowest BCUT2D eigenvalue weighted by Crippen LogP contribution is -2.30. The molecule has 2 unspecified atom stereocenters. The van der Waals surface area contributed by atoms with Crippen LogP contribution in [-0.2, 0) is 21.2 Å². The smallest absolute Gasteiger partial charge is 0.310 e. The quantitative estimate of drug-likeness (QED) is 0.832. The molecule has 0 saturated carbocycles. The van der Waals surface area contributed by atoms with Gasteiger partial charge in [0.1, 0.15) is 0 Å². The number of sulfone groups is 1. The van der Waals surface area contributed by atoms with Gasteiger partial charge in [0, 0.05) is 13.1 Å². The first-order valence-corrected chi connectivity index (χ1v) is 8.85. The number of nitrogens with one attached hydrogen (secondary N) is 1. The standard InChI is InChI=1S/C15H21NO4S/c1-11(15(17)18)13-6-4-12(5-7-13)9-16-10-14-3-2-8-21(14,19)20/h4-7,11,14,16H,2-3,8-10H2,1H3,(H,17,18). The molecule has 0 aliphatic carbocycles. The van der Waals surface area contributed by atoms with Gasteiger partial charge in [-0.2, -0.15) is 0 Å². The van der Waals surface area contributed by atoms with Crippen LogP contribution in [0.2, 0.25) is 0 Å². The minimum absolute atomic E-state index is 0.260. The van der Waals surface area contributed by atoms with Crippen molar-refractivity contribution < 1.29 is 18.3 Å². The zero-order chi connectivity index (χ0) is 15.5. The van der Waals surface area contributed by atoms with Gasteiger partial charge in [-0.3, -0.25) is 4.79 Å². The van der Waals surface area contributed by atoms with Crippen LogP contribution in [0.15, 0.2) is 24.3 Å². The average Bonchev–Trinajstić information content (AvgIpc) is 2.78. The second-order valence-electron chi connectivity index (χ2n) is 5.56. The van der Waals surface area contributed by atoms with Gasteiger partial charge in [-0.1, -0.05) is 24.3 Å². The highest BCUT2D eigenvalue weighted by Crippen LogP contribution is 2.19. The fourth-order valence-corrected chi connectivity index (χ4v) is 4.33. The molecule has 21 heavy (non-hydrogen) atoms. The average molecular weight is 311 g/mol. The van der Waals surface area contributed by atoms with Crippen molar-refractivity contribution in [2.24, 2.45) is 0 Å². The maximum Gasteiger partial charge on any atom is 0.310 e. The summed E-state index contributed by atoms with van der Waals surface area (Å²) in [6.45, 7) is 2.73. The first-order chi connectivity index (χ1) is 9.90. The highest BCUT2D eigenvalue weighted by atomic mass is 32.2. The summed E-state index contributed by atoms with van der Waals surface area (Å²) >= 11 is 0. The summed E-state index contributed by atoms with van der Waals surface area (Å²) < 4.78 is 23.4. The van der Waals surface area contributed by atoms with Crippen molar-refractivity contribution in [3.05, 3.63) is 35.4 Å². The largest absolute Gasteiger partial charge is 0.481 e. The van der Waals surface area contributed by atoms with E-state index in [0.717, 1.165) is 24.0 Å². The Kier molecular flexibility index (Phi) is 5.00. The lowest BCUT2D eigenvalue weighted by molar-refractivity contribution is -0.138. The maximum atomic E-state index is 11.7. The summed E-state index contributed by atoms with van der Waals surface area (Å²) in [6, 6.07) is 7.38. The van der Waals surface area contributed by atoms with Crippen LogP contribution in [-0.4, -0.2) is 37.0 Å². The normalized spacial score (nSPS) is 22.0. The van der Waals surface area contributed by atoms with E-state index in [9.17, 15) is 13.2 Å². The second kappa shape index (κ2) is 6.58. The van der Waals surface area contributed by atoms with Crippen LogP contribution in [0.3, 0.4) is 0 Å². The van der Waals surface area contributed by atoms with Crippen LogP contribution in [0, 0.1) is 0 Å². The summed E-state index contributed by atoms with van der Waals surface area (Å²) in [4.78, 5) is 10.9. The van der Waals surface area contributed by atoms with Crippen LogP contribution in [0.4, 0.5) is 0 Å². The molecule has 1 aliphatic rings. The van der Waals surface area contributed by atoms with E-state index in [4.69, 9.17) is 5.11 Å². The minimum atomic E-state index is -2.90. The molecule has 2 atom stereocenters. The molecule has 0 amide bonds. The Hall–Kier alpha value is -1.40. The van der Waals surface area contributed by atoms with Gasteiger partial charge in [-0.25, -0.2) is 8.42 Å². The zero-order valence-electron chi connectivity index (χ0n) is 12.1. The molecule has 1 saturated heterocycles. The van der Waals surface area contributed by atoms with Crippen LogP contribution in [0.25, 0.3) is 0 Å². The summed E-state index contributed by atoms with van der Waals surface area (Å²) in [5.74, 6) is -1.05. The second-order valence-corrected chi connectivity index (χ2v) is 7.96. The van der Waals surface area contributed by atoms with Crippen molar-refractivity contribution in [1.29, 1.82) is 0 Å². The molecule has 1 fully saturated rings. The lowest BCUT2D eigenvalue weighted by atomic mass is 10.00. The molecule has 1 aromatic carbocycles. The predicted molar refractivity (Wildman–Crippen MR) is 81.0 cm³/mol. The van der Waals surface area contributed by atoms with Gasteiger partial charge in [0.25, 0.3) is 0 Å². The molecule has 0 radical (unpaired) electrons. The number of carboxylic acids is 1. The summed E-state index contributed by atoms with van der Waals surface area (Å²) in [7, 11) is -2.90. The van der Waals surface area contributed by atoms with Gasteiger partial charge in [0.15, 0.2) is 9.84 Å². The molecular formula is C15H21NO4S. The molecule has 5 nitrogen and oxygen atoms in total. The van der Waals surface area contributed by atoms with Crippen molar-refractivity contribution in [1.82, 2.24) is 5.32 Å². The molecule has 0 aromatic heterocycles. The Labute approximate surface area is 125 Å². The van der Waals surface area contributed by atoms with E-state index in [1.165, 1.54) is 0 Å². The molecular weight excluding hydrogens is 290 g/mol. The van der Waals surface area contributed by atoms with Crippen LogP contribution in [0.5, 0.6) is 0 Å². The minimum Gasteiger partial charge on any atom is -0.481 e.